The highest BCUT2D eigenvalue weighted by Crippen LogP contribution is 2.18. The lowest BCUT2D eigenvalue weighted by Gasteiger charge is -2.18. The van der Waals surface area contributed by atoms with Gasteiger partial charge in [-0.15, -0.1) is 0 Å². The molecule has 0 saturated heterocycles. The highest BCUT2D eigenvalue weighted by atomic mass is 16.6. The first-order valence-electron chi connectivity index (χ1n) is 35.9. The summed E-state index contributed by atoms with van der Waals surface area (Å²) in [6.45, 7) is 6.55. The topological polar surface area (TPSA) is 78.9 Å². The van der Waals surface area contributed by atoms with Crippen molar-refractivity contribution in [2.75, 3.05) is 13.2 Å². The van der Waals surface area contributed by atoms with Gasteiger partial charge in [-0.3, -0.25) is 14.4 Å². The van der Waals surface area contributed by atoms with Gasteiger partial charge in [-0.2, -0.15) is 0 Å². The number of unbranched alkanes of at least 4 members (excludes halogenated alkanes) is 43. The first-order valence-corrected chi connectivity index (χ1v) is 35.9. The summed E-state index contributed by atoms with van der Waals surface area (Å²) in [4.78, 5) is 38.3. The minimum atomic E-state index is -0.777. The van der Waals surface area contributed by atoms with Gasteiger partial charge in [0.05, 0.1) is 0 Å². The summed E-state index contributed by atoms with van der Waals surface area (Å²) >= 11 is 0. The number of hydrogen-bond donors (Lipinski definition) is 0. The fourth-order valence-electron chi connectivity index (χ4n) is 10.6. The number of carbonyl (C=O) groups excluding carboxylic acids is 3. The van der Waals surface area contributed by atoms with Gasteiger partial charge < -0.3 is 14.2 Å². The Morgan fingerprint density at radius 1 is 0.256 bits per heavy atom. The number of esters is 3. The third kappa shape index (κ3) is 67.6. The van der Waals surface area contributed by atoms with Crippen molar-refractivity contribution in [2.24, 2.45) is 0 Å². The predicted octanol–water partition coefficient (Wildman–Crippen LogP) is 24.8. The SMILES string of the molecule is CC/C=C\C/C=C\C/C=C\C/C=C\C/C=C\C/C=C\CCCCCCCCCCC(=O)OC(COC(=O)CCCCCCCCCC)COC(=O)CCCCCCCCCCCCCCCCCCCCCCCCCCCCCCC. The van der Waals surface area contributed by atoms with Crippen LogP contribution in [0.2, 0.25) is 0 Å². The second-order valence-corrected chi connectivity index (χ2v) is 24.1. The van der Waals surface area contributed by atoms with E-state index in [4.69, 9.17) is 14.2 Å². The van der Waals surface area contributed by atoms with Gasteiger partial charge >= 0.3 is 17.9 Å². The number of rotatable bonds is 66. The molecule has 0 heterocycles. The Morgan fingerprint density at radius 2 is 0.476 bits per heavy atom. The van der Waals surface area contributed by atoms with Crippen LogP contribution in [0.3, 0.4) is 0 Å². The Kier molecular flexibility index (Phi) is 67.6. The molecule has 0 aliphatic rings. The maximum atomic E-state index is 12.9. The number of carbonyl (C=O) groups is 3. The van der Waals surface area contributed by atoms with Gasteiger partial charge in [0.15, 0.2) is 6.10 Å². The van der Waals surface area contributed by atoms with Gasteiger partial charge in [0.2, 0.25) is 0 Å². The molecule has 0 aliphatic heterocycles. The van der Waals surface area contributed by atoms with Crippen LogP contribution < -0.4 is 0 Å². The molecule has 0 rings (SSSR count). The van der Waals surface area contributed by atoms with Crippen molar-refractivity contribution >= 4 is 17.9 Å². The van der Waals surface area contributed by atoms with Crippen molar-refractivity contribution in [2.45, 2.75) is 380 Å². The Bertz CT molecular complexity index is 1500. The van der Waals surface area contributed by atoms with Gasteiger partial charge in [-0.05, 0) is 70.6 Å². The molecule has 6 heteroatoms. The predicted molar refractivity (Wildman–Crippen MR) is 358 cm³/mol. The van der Waals surface area contributed by atoms with Crippen molar-refractivity contribution in [3.05, 3.63) is 72.9 Å². The van der Waals surface area contributed by atoms with Crippen molar-refractivity contribution < 1.29 is 28.6 Å². The summed E-state index contributed by atoms with van der Waals surface area (Å²) in [5, 5.41) is 0. The Labute approximate surface area is 510 Å². The van der Waals surface area contributed by atoms with E-state index < -0.39 is 6.10 Å². The molecule has 6 nitrogen and oxygen atoms in total. The average molecular weight is 1150 g/mol. The normalized spacial score (nSPS) is 12.5. The number of ether oxygens (including phenoxy) is 3. The molecule has 0 aromatic carbocycles. The summed E-state index contributed by atoms with van der Waals surface area (Å²) in [7, 11) is 0. The minimum Gasteiger partial charge on any atom is -0.462 e. The Morgan fingerprint density at radius 3 is 0.744 bits per heavy atom. The molecule has 0 bridgehead atoms. The molecule has 0 spiro atoms. The van der Waals surface area contributed by atoms with E-state index >= 15 is 0 Å². The molecule has 1 unspecified atom stereocenters. The van der Waals surface area contributed by atoms with E-state index in [9.17, 15) is 14.4 Å². The molecular formula is C76H136O6. The second kappa shape index (κ2) is 70.3. The van der Waals surface area contributed by atoms with Crippen LogP contribution in [0.25, 0.3) is 0 Å². The van der Waals surface area contributed by atoms with Gasteiger partial charge in [0.25, 0.3) is 0 Å². The zero-order valence-electron chi connectivity index (χ0n) is 54.8. The van der Waals surface area contributed by atoms with E-state index in [1.165, 1.54) is 231 Å². The molecule has 0 radical (unpaired) electrons. The summed E-state index contributed by atoms with van der Waals surface area (Å²) in [6, 6.07) is 0. The molecule has 0 amide bonds. The van der Waals surface area contributed by atoms with Gasteiger partial charge in [-0.1, -0.05) is 357 Å². The molecule has 0 aromatic rings. The zero-order valence-corrected chi connectivity index (χ0v) is 54.8. The molecule has 0 saturated carbocycles. The molecule has 0 aliphatic carbocycles. The van der Waals surface area contributed by atoms with Crippen LogP contribution in [0.4, 0.5) is 0 Å². The van der Waals surface area contributed by atoms with Crippen LogP contribution >= 0.6 is 0 Å². The zero-order chi connectivity index (χ0) is 59.2. The third-order valence-electron chi connectivity index (χ3n) is 16.0. The van der Waals surface area contributed by atoms with Gasteiger partial charge in [-0.25, -0.2) is 0 Å². The fraction of sp³-hybridized carbons (Fsp3) is 0.803. The van der Waals surface area contributed by atoms with E-state index in [1.807, 2.05) is 0 Å². The largest absolute Gasteiger partial charge is 0.462 e. The number of hydrogen-bond acceptors (Lipinski definition) is 6. The van der Waals surface area contributed by atoms with Crippen LogP contribution in [-0.4, -0.2) is 37.2 Å². The van der Waals surface area contributed by atoms with E-state index in [-0.39, 0.29) is 31.1 Å². The van der Waals surface area contributed by atoms with E-state index in [0.29, 0.717) is 19.3 Å². The van der Waals surface area contributed by atoms with E-state index in [2.05, 4.69) is 93.7 Å². The third-order valence-corrected chi connectivity index (χ3v) is 16.0. The Balaban J connectivity index is 4.10. The van der Waals surface area contributed by atoms with Crippen LogP contribution in [0.15, 0.2) is 72.9 Å². The monoisotopic (exact) mass is 1150 g/mol. The lowest BCUT2D eigenvalue weighted by Crippen LogP contribution is -2.30. The molecule has 0 N–H and O–H groups in total. The summed E-state index contributed by atoms with van der Waals surface area (Å²) in [5.41, 5.74) is 0. The smallest absolute Gasteiger partial charge is 0.306 e. The Hall–Kier alpha value is -3.15. The summed E-state index contributed by atoms with van der Waals surface area (Å²) in [5.74, 6) is -0.867. The lowest BCUT2D eigenvalue weighted by molar-refractivity contribution is -0.167. The van der Waals surface area contributed by atoms with Crippen LogP contribution in [-0.2, 0) is 28.6 Å². The number of allylic oxidation sites excluding steroid dienone is 12. The molecule has 0 aromatic heterocycles. The van der Waals surface area contributed by atoms with E-state index in [1.54, 1.807) is 0 Å². The van der Waals surface area contributed by atoms with Crippen LogP contribution in [0, 0.1) is 0 Å². The van der Waals surface area contributed by atoms with Crippen molar-refractivity contribution in [3.8, 4) is 0 Å². The molecule has 0 fully saturated rings. The summed E-state index contributed by atoms with van der Waals surface area (Å²) in [6.07, 6.45) is 92.5. The van der Waals surface area contributed by atoms with Crippen LogP contribution in [0.1, 0.15) is 374 Å². The standard InChI is InChI=1S/C76H136O6/c1-4-7-10-13-16-19-21-23-25-27-29-31-33-35-37-38-40-41-43-45-47-49-51-53-55-57-60-63-66-69-75(78)81-72-73(71-80-74(77)68-65-62-59-18-15-12-9-6-3)82-76(79)70-67-64-61-58-56-54-52-50-48-46-44-42-39-36-34-32-30-28-26-24-22-20-17-14-11-8-5-2/h8,11,17,20,24,26,30,32,36,39,44,46,73H,4-7,9-10,12-16,18-19,21-23,25,27-29,31,33-35,37-38,40-43,45,47-72H2,1-3H3/b11-8-,20-17-,26-24-,32-30-,39-36-,46-44-. The quantitative estimate of drug-likeness (QED) is 0.0261. The lowest BCUT2D eigenvalue weighted by atomic mass is 10.0. The first-order chi connectivity index (χ1) is 40.5. The maximum absolute atomic E-state index is 12.9. The highest BCUT2D eigenvalue weighted by Gasteiger charge is 2.19. The first kappa shape index (κ1) is 78.8. The minimum absolute atomic E-state index is 0.0741. The van der Waals surface area contributed by atoms with Crippen molar-refractivity contribution in [3.63, 3.8) is 0 Å². The maximum Gasteiger partial charge on any atom is 0.306 e. The second-order valence-electron chi connectivity index (χ2n) is 24.1. The van der Waals surface area contributed by atoms with E-state index in [0.717, 1.165) is 103 Å². The molecule has 82 heavy (non-hydrogen) atoms. The van der Waals surface area contributed by atoms with Crippen LogP contribution in [0.5, 0.6) is 0 Å². The molecule has 476 valence electrons. The average Bonchev–Trinajstić information content (AvgIpc) is 3.48. The fourth-order valence-corrected chi connectivity index (χ4v) is 10.6. The van der Waals surface area contributed by atoms with Crippen molar-refractivity contribution in [1.82, 2.24) is 0 Å². The van der Waals surface area contributed by atoms with Gasteiger partial charge in [0, 0.05) is 19.3 Å². The summed E-state index contributed by atoms with van der Waals surface area (Å²) < 4.78 is 16.9. The highest BCUT2D eigenvalue weighted by molar-refractivity contribution is 5.71. The molecular weight excluding hydrogens is 1010 g/mol. The van der Waals surface area contributed by atoms with Gasteiger partial charge in [0.1, 0.15) is 13.2 Å². The van der Waals surface area contributed by atoms with Crippen molar-refractivity contribution in [1.29, 1.82) is 0 Å². The molecule has 1 atom stereocenters.